The third kappa shape index (κ3) is 10.4. The second-order valence-corrected chi connectivity index (χ2v) is 9.78. The van der Waals surface area contributed by atoms with Crippen molar-refractivity contribution in [2.24, 2.45) is 17.8 Å². The predicted octanol–water partition coefficient (Wildman–Crippen LogP) is 4.80. The molecule has 2 rings (SSSR count). The third-order valence-corrected chi connectivity index (χ3v) is 6.39. The quantitative estimate of drug-likeness (QED) is 0.329. The standard InChI is InChI=1S/C29H37F3N2O5/c1-5-20(4)25(28(37)39-18-22-14-10-7-11-15-22)33-16-23(29(30,31)32)26(35)34-24(19(2)3)27(36)38-17-21-12-8-6-9-13-21/h6-15,19-20,23-25,33H,5,16-18H2,1-4H3,(H,34,35)/t20?,23-,24-,25-/m0/s1. The molecule has 1 amide bonds. The normalized spacial score (nSPS) is 14.7. The number of nitrogens with one attached hydrogen (secondary N) is 2. The van der Waals surface area contributed by atoms with Gasteiger partial charge in [0.05, 0.1) is 0 Å². The molecule has 0 saturated carbocycles. The van der Waals surface area contributed by atoms with Crippen molar-refractivity contribution in [3.8, 4) is 0 Å². The Morgan fingerprint density at radius 2 is 1.26 bits per heavy atom. The van der Waals surface area contributed by atoms with Crippen LogP contribution in [0, 0.1) is 17.8 Å². The summed E-state index contributed by atoms with van der Waals surface area (Å²) in [6, 6.07) is 15.3. The van der Waals surface area contributed by atoms with E-state index in [9.17, 15) is 27.6 Å². The van der Waals surface area contributed by atoms with Crippen LogP contribution >= 0.6 is 0 Å². The molecule has 0 radical (unpaired) electrons. The maximum absolute atomic E-state index is 14.0. The summed E-state index contributed by atoms with van der Waals surface area (Å²) < 4.78 is 52.5. The Morgan fingerprint density at radius 1 is 0.795 bits per heavy atom. The molecule has 0 aromatic heterocycles. The van der Waals surface area contributed by atoms with Gasteiger partial charge in [-0.3, -0.25) is 9.59 Å². The Labute approximate surface area is 227 Å². The molecular formula is C29H37F3N2O5. The molecule has 7 nitrogen and oxygen atoms in total. The van der Waals surface area contributed by atoms with Crippen LogP contribution in [0.1, 0.15) is 45.2 Å². The lowest BCUT2D eigenvalue weighted by atomic mass is 9.97. The van der Waals surface area contributed by atoms with Crippen LogP contribution in [0.2, 0.25) is 0 Å². The number of alkyl halides is 3. The van der Waals surface area contributed by atoms with E-state index in [2.05, 4.69) is 10.6 Å². The molecule has 214 valence electrons. The van der Waals surface area contributed by atoms with Crippen LogP contribution in [0.3, 0.4) is 0 Å². The number of hydrogen-bond acceptors (Lipinski definition) is 6. The van der Waals surface area contributed by atoms with Gasteiger partial charge in [0.1, 0.15) is 31.2 Å². The van der Waals surface area contributed by atoms with Crippen LogP contribution < -0.4 is 10.6 Å². The first-order chi connectivity index (χ1) is 18.4. The summed E-state index contributed by atoms with van der Waals surface area (Å²) >= 11 is 0. The zero-order valence-corrected chi connectivity index (χ0v) is 22.7. The van der Waals surface area contributed by atoms with Crippen molar-refractivity contribution in [1.29, 1.82) is 0 Å². The number of rotatable bonds is 14. The molecule has 10 heteroatoms. The summed E-state index contributed by atoms with van der Waals surface area (Å²) in [6.07, 6.45) is -4.44. The number of halogens is 3. The zero-order chi connectivity index (χ0) is 29.0. The average Bonchev–Trinajstić information content (AvgIpc) is 2.91. The fourth-order valence-electron chi connectivity index (χ4n) is 3.74. The lowest BCUT2D eigenvalue weighted by molar-refractivity contribution is -0.184. The minimum Gasteiger partial charge on any atom is -0.460 e. The van der Waals surface area contributed by atoms with Gasteiger partial charge in [-0.1, -0.05) is 94.8 Å². The molecule has 0 bridgehead atoms. The SMILES string of the molecule is CCC(C)[C@H](NC[C@@H](C(=O)N[C@H](C(=O)OCc1ccccc1)C(C)C)C(F)(F)F)C(=O)OCc1ccccc1. The highest BCUT2D eigenvalue weighted by Crippen LogP contribution is 2.27. The topological polar surface area (TPSA) is 93.7 Å². The molecule has 0 spiro atoms. The first-order valence-corrected chi connectivity index (χ1v) is 13.0. The number of hydrogen-bond donors (Lipinski definition) is 2. The maximum Gasteiger partial charge on any atom is 0.401 e. The van der Waals surface area contributed by atoms with Crippen molar-refractivity contribution < 1.29 is 37.0 Å². The Morgan fingerprint density at radius 3 is 1.67 bits per heavy atom. The van der Waals surface area contributed by atoms with Crippen molar-refractivity contribution >= 4 is 17.8 Å². The maximum atomic E-state index is 14.0. The molecule has 0 aliphatic rings. The number of carbonyl (C=O) groups excluding carboxylic acids is 3. The second-order valence-electron chi connectivity index (χ2n) is 9.78. The number of ether oxygens (including phenoxy) is 2. The first kappa shape index (κ1) is 31.8. The minimum absolute atomic E-state index is 0.0291. The molecule has 39 heavy (non-hydrogen) atoms. The third-order valence-electron chi connectivity index (χ3n) is 6.39. The van der Waals surface area contributed by atoms with E-state index in [0.29, 0.717) is 12.0 Å². The molecule has 0 aliphatic heterocycles. The molecular weight excluding hydrogens is 513 g/mol. The van der Waals surface area contributed by atoms with Crippen LogP contribution in [-0.4, -0.2) is 42.7 Å². The second kappa shape index (κ2) is 15.3. The lowest BCUT2D eigenvalue weighted by Crippen LogP contribution is -2.54. The van der Waals surface area contributed by atoms with Gasteiger partial charge in [0.2, 0.25) is 5.91 Å². The van der Waals surface area contributed by atoms with Gasteiger partial charge in [-0.2, -0.15) is 13.2 Å². The van der Waals surface area contributed by atoms with Crippen LogP contribution in [0.4, 0.5) is 13.2 Å². The van der Waals surface area contributed by atoms with Crippen molar-refractivity contribution in [3.63, 3.8) is 0 Å². The number of amides is 1. The highest BCUT2D eigenvalue weighted by Gasteiger charge is 2.46. The summed E-state index contributed by atoms with van der Waals surface area (Å²) in [6.45, 7) is 5.72. The van der Waals surface area contributed by atoms with Gasteiger partial charge in [0.25, 0.3) is 0 Å². The Bertz CT molecular complexity index is 1050. The molecule has 1 unspecified atom stereocenters. The zero-order valence-electron chi connectivity index (χ0n) is 22.7. The van der Waals surface area contributed by atoms with Gasteiger partial charge in [0.15, 0.2) is 0 Å². The van der Waals surface area contributed by atoms with Crippen LogP contribution in [0.25, 0.3) is 0 Å². The number of esters is 2. The van der Waals surface area contributed by atoms with Gasteiger partial charge < -0.3 is 20.1 Å². The molecule has 0 heterocycles. The Kier molecular flexibility index (Phi) is 12.4. The molecule has 2 aromatic rings. The Balaban J connectivity index is 2.07. The molecule has 0 fully saturated rings. The van der Waals surface area contributed by atoms with E-state index in [1.165, 1.54) is 0 Å². The average molecular weight is 551 g/mol. The van der Waals surface area contributed by atoms with E-state index in [4.69, 9.17) is 9.47 Å². The van der Waals surface area contributed by atoms with E-state index in [0.717, 1.165) is 5.56 Å². The molecule has 2 N–H and O–H groups in total. The fourth-order valence-corrected chi connectivity index (χ4v) is 3.74. The van der Waals surface area contributed by atoms with E-state index in [1.54, 1.807) is 82.3 Å². The summed E-state index contributed by atoms with van der Waals surface area (Å²) in [7, 11) is 0. The van der Waals surface area contributed by atoms with Crippen molar-refractivity contribution in [3.05, 3.63) is 71.8 Å². The molecule has 2 aromatic carbocycles. The predicted molar refractivity (Wildman–Crippen MR) is 140 cm³/mol. The smallest absolute Gasteiger partial charge is 0.401 e. The summed E-state index contributed by atoms with van der Waals surface area (Å²) in [5.74, 6) is -6.32. The van der Waals surface area contributed by atoms with Gasteiger partial charge in [-0.05, 0) is 23.0 Å². The minimum atomic E-state index is -4.93. The fraction of sp³-hybridized carbons (Fsp3) is 0.483. The summed E-state index contributed by atoms with van der Waals surface area (Å²) in [4.78, 5) is 38.2. The van der Waals surface area contributed by atoms with E-state index in [-0.39, 0.29) is 19.1 Å². The first-order valence-electron chi connectivity index (χ1n) is 13.0. The Hall–Kier alpha value is -3.40. The summed E-state index contributed by atoms with van der Waals surface area (Å²) in [5, 5.41) is 4.81. The van der Waals surface area contributed by atoms with E-state index >= 15 is 0 Å². The van der Waals surface area contributed by atoms with Crippen molar-refractivity contribution in [2.75, 3.05) is 6.54 Å². The highest BCUT2D eigenvalue weighted by molar-refractivity contribution is 5.86. The van der Waals surface area contributed by atoms with Crippen molar-refractivity contribution in [2.45, 2.75) is 65.6 Å². The van der Waals surface area contributed by atoms with Crippen LogP contribution in [0.5, 0.6) is 0 Å². The monoisotopic (exact) mass is 550 g/mol. The van der Waals surface area contributed by atoms with Crippen LogP contribution in [-0.2, 0) is 37.1 Å². The molecule has 4 atom stereocenters. The highest BCUT2D eigenvalue weighted by atomic mass is 19.4. The molecule has 0 aliphatic carbocycles. The van der Waals surface area contributed by atoms with Crippen molar-refractivity contribution in [1.82, 2.24) is 10.6 Å². The largest absolute Gasteiger partial charge is 0.460 e. The molecule has 0 saturated heterocycles. The number of benzene rings is 2. The summed E-state index contributed by atoms with van der Waals surface area (Å²) in [5.41, 5.74) is 1.44. The van der Waals surface area contributed by atoms with Crippen LogP contribution in [0.15, 0.2) is 60.7 Å². The lowest BCUT2D eigenvalue weighted by Gasteiger charge is -2.28. The van der Waals surface area contributed by atoms with Gasteiger partial charge in [0, 0.05) is 6.54 Å². The van der Waals surface area contributed by atoms with Gasteiger partial charge in [-0.15, -0.1) is 0 Å². The van der Waals surface area contributed by atoms with Gasteiger partial charge >= 0.3 is 18.1 Å². The van der Waals surface area contributed by atoms with E-state index < -0.39 is 54.5 Å². The number of carbonyl (C=O) groups is 3. The van der Waals surface area contributed by atoms with E-state index in [1.807, 2.05) is 6.07 Å². The van der Waals surface area contributed by atoms with Gasteiger partial charge in [-0.25, -0.2) is 4.79 Å².